The molecule has 5 nitrogen and oxygen atoms in total. The Morgan fingerprint density at radius 3 is 2.41 bits per heavy atom. The molecule has 7 heteroatoms. The molecule has 0 amide bonds. The number of dihydropyridines is 1. The Kier molecular flexibility index (Phi) is 7.16. The lowest BCUT2D eigenvalue weighted by Crippen LogP contribution is -2.23. The van der Waals surface area contributed by atoms with Gasteiger partial charge in [0.1, 0.15) is 6.29 Å². The Bertz CT molecular complexity index is 849. The van der Waals surface area contributed by atoms with Crippen molar-refractivity contribution in [2.45, 2.75) is 26.3 Å². The molecule has 142 valence electrons. The molecule has 1 atom stereocenters. The maximum atomic E-state index is 14.1. The molecule has 1 N–H and O–H groups in total. The maximum Gasteiger partial charge on any atom is 0.201 e. The first-order chi connectivity index (χ1) is 13.0. The zero-order valence-electron chi connectivity index (χ0n) is 15.4. The van der Waals surface area contributed by atoms with Gasteiger partial charge in [-0.15, -0.1) is 0 Å². The molecule has 1 aliphatic rings. The van der Waals surface area contributed by atoms with E-state index in [4.69, 9.17) is 9.53 Å². The van der Waals surface area contributed by atoms with Crippen molar-refractivity contribution < 1.29 is 18.3 Å². The quantitative estimate of drug-likeness (QED) is 0.823. The van der Waals surface area contributed by atoms with Crippen LogP contribution in [0.5, 0.6) is 5.75 Å². The fourth-order valence-electron chi connectivity index (χ4n) is 2.43. The molecular weight excluding hydrogens is 352 g/mol. The number of rotatable bonds is 4. The highest BCUT2D eigenvalue weighted by molar-refractivity contribution is 5.74. The van der Waals surface area contributed by atoms with Crippen molar-refractivity contribution in [2.24, 2.45) is 0 Å². The van der Waals surface area contributed by atoms with Crippen LogP contribution >= 0.6 is 0 Å². The van der Waals surface area contributed by atoms with Crippen LogP contribution in [0, 0.1) is 11.6 Å². The van der Waals surface area contributed by atoms with Gasteiger partial charge in [0.05, 0.1) is 12.7 Å². The molecule has 1 aromatic heterocycles. The number of hydrogen-bond acceptors (Lipinski definition) is 5. The predicted octanol–water partition coefficient (Wildman–Crippen LogP) is 3.91. The van der Waals surface area contributed by atoms with E-state index in [0.717, 1.165) is 23.8 Å². The number of aromatic nitrogens is 2. The van der Waals surface area contributed by atoms with Crippen LogP contribution < -0.4 is 10.1 Å². The summed E-state index contributed by atoms with van der Waals surface area (Å²) in [6, 6.07) is 3.08. The monoisotopic (exact) mass is 373 g/mol. The number of methoxy groups -OCH3 is 1. The van der Waals surface area contributed by atoms with Gasteiger partial charge >= 0.3 is 0 Å². The van der Waals surface area contributed by atoms with E-state index in [1.807, 2.05) is 12.3 Å². The van der Waals surface area contributed by atoms with Crippen molar-refractivity contribution in [3.8, 4) is 17.1 Å². The highest BCUT2D eigenvalue weighted by atomic mass is 19.2. The number of hydrogen-bond donors (Lipinski definition) is 1. The van der Waals surface area contributed by atoms with Crippen LogP contribution in [0.1, 0.15) is 25.8 Å². The van der Waals surface area contributed by atoms with Gasteiger partial charge in [-0.05, 0) is 25.5 Å². The van der Waals surface area contributed by atoms with Gasteiger partial charge in [0.2, 0.25) is 5.82 Å². The third-order valence-corrected chi connectivity index (χ3v) is 3.89. The van der Waals surface area contributed by atoms with Crippen LogP contribution in [0.4, 0.5) is 8.78 Å². The molecule has 3 rings (SSSR count). The number of ether oxygens (including phenoxy) is 1. The molecule has 0 bridgehead atoms. The van der Waals surface area contributed by atoms with Gasteiger partial charge in [-0.2, -0.15) is 4.39 Å². The van der Waals surface area contributed by atoms with Gasteiger partial charge < -0.3 is 14.8 Å². The third-order valence-electron chi connectivity index (χ3n) is 3.89. The molecule has 0 fully saturated rings. The minimum atomic E-state index is -1.05. The fraction of sp³-hybridized carbons (Fsp3) is 0.250. The number of carbonyl (C=O) groups is 1. The Morgan fingerprint density at radius 2 is 1.89 bits per heavy atom. The van der Waals surface area contributed by atoms with E-state index in [1.165, 1.54) is 26.2 Å². The van der Waals surface area contributed by atoms with Crippen LogP contribution in [0.2, 0.25) is 0 Å². The van der Waals surface area contributed by atoms with E-state index in [0.29, 0.717) is 6.04 Å². The summed E-state index contributed by atoms with van der Waals surface area (Å²) in [6.07, 6.45) is 10.9. The molecule has 1 unspecified atom stereocenters. The molecule has 1 aliphatic heterocycles. The number of halogens is 2. The number of carbonyl (C=O) groups excluding carboxylic acids is 1. The number of nitrogens with one attached hydrogen (secondary N) is 1. The van der Waals surface area contributed by atoms with Gasteiger partial charge in [0.15, 0.2) is 17.4 Å². The van der Waals surface area contributed by atoms with Crippen LogP contribution in [0.25, 0.3) is 17.0 Å². The highest BCUT2D eigenvalue weighted by Gasteiger charge is 2.17. The molecule has 2 aromatic rings. The third kappa shape index (κ3) is 4.75. The highest BCUT2D eigenvalue weighted by Crippen LogP contribution is 2.28. The smallest absolute Gasteiger partial charge is 0.201 e. The van der Waals surface area contributed by atoms with Crippen molar-refractivity contribution in [3.05, 3.63) is 60.1 Å². The minimum Gasteiger partial charge on any atom is -0.494 e. The first kappa shape index (κ1) is 20.2. The second kappa shape index (κ2) is 9.56. The molecular formula is C20H21F2N3O2. The summed E-state index contributed by atoms with van der Waals surface area (Å²) >= 11 is 0. The SMILES string of the molecule is CC=O.CCC1C=CC(c2cnc(-c3ccc(OC)c(F)c3F)nc2)=CN1. The summed E-state index contributed by atoms with van der Waals surface area (Å²) in [6.45, 7) is 3.54. The molecule has 2 heterocycles. The van der Waals surface area contributed by atoms with E-state index >= 15 is 0 Å². The van der Waals surface area contributed by atoms with Gasteiger partial charge in [0.25, 0.3) is 0 Å². The second-order valence-corrected chi connectivity index (χ2v) is 5.61. The van der Waals surface area contributed by atoms with Gasteiger partial charge in [-0.3, -0.25) is 0 Å². The van der Waals surface area contributed by atoms with Crippen LogP contribution in [-0.2, 0) is 4.79 Å². The molecule has 0 radical (unpaired) electrons. The van der Waals surface area contributed by atoms with Crippen molar-refractivity contribution >= 4 is 11.9 Å². The summed E-state index contributed by atoms with van der Waals surface area (Å²) < 4.78 is 32.7. The number of allylic oxidation sites excluding steroid dienone is 2. The van der Waals surface area contributed by atoms with Crippen molar-refractivity contribution in [2.75, 3.05) is 7.11 Å². The molecule has 1 aromatic carbocycles. The first-order valence-electron chi connectivity index (χ1n) is 8.44. The summed E-state index contributed by atoms with van der Waals surface area (Å²) in [5.74, 6) is -2.10. The lowest BCUT2D eigenvalue weighted by atomic mass is 10.0. The lowest BCUT2D eigenvalue weighted by molar-refractivity contribution is -0.106. The Labute approximate surface area is 156 Å². The van der Waals surface area contributed by atoms with Crippen LogP contribution in [-0.4, -0.2) is 29.4 Å². The zero-order chi connectivity index (χ0) is 19.8. The average molecular weight is 373 g/mol. The summed E-state index contributed by atoms with van der Waals surface area (Å²) in [5.41, 5.74) is 1.73. The average Bonchev–Trinajstić information content (AvgIpc) is 2.71. The van der Waals surface area contributed by atoms with Crippen molar-refractivity contribution in [1.29, 1.82) is 0 Å². The number of nitrogens with zero attached hydrogens (tertiary/aromatic N) is 2. The van der Waals surface area contributed by atoms with Crippen molar-refractivity contribution in [1.82, 2.24) is 15.3 Å². The van der Waals surface area contributed by atoms with E-state index in [9.17, 15) is 8.78 Å². The normalized spacial score (nSPS) is 15.1. The first-order valence-corrected chi connectivity index (χ1v) is 8.44. The molecule has 0 saturated heterocycles. The van der Waals surface area contributed by atoms with Gasteiger partial charge in [-0.25, -0.2) is 14.4 Å². The van der Waals surface area contributed by atoms with Crippen LogP contribution in [0.3, 0.4) is 0 Å². The topological polar surface area (TPSA) is 64.1 Å². The Balaban J connectivity index is 0.000000817. The molecule has 27 heavy (non-hydrogen) atoms. The van der Waals surface area contributed by atoms with E-state index in [2.05, 4.69) is 28.3 Å². The largest absolute Gasteiger partial charge is 0.494 e. The molecule has 0 spiro atoms. The van der Waals surface area contributed by atoms with Crippen molar-refractivity contribution in [3.63, 3.8) is 0 Å². The number of aldehydes is 1. The summed E-state index contributed by atoms with van der Waals surface area (Å²) in [7, 11) is 1.28. The summed E-state index contributed by atoms with van der Waals surface area (Å²) in [5, 5.41) is 3.26. The van der Waals surface area contributed by atoms with Gasteiger partial charge in [-0.1, -0.05) is 19.1 Å². The standard InChI is InChI=1S/C18H17F2N3O.C2H4O/c1-3-13-5-4-11(8-21-13)12-9-22-18(23-10-12)14-6-7-15(24-2)17(20)16(14)19;1-2-3/h4-10,13,21H,3H2,1-2H3;2H,1H3. The maximum absolute atomic E-state index is 14.1. The summed E-state index contributed by atoms with van der Waals surface area (Å²) in [4.78, 5) is 17.1. The zero-order valence-corrected chi connectivity index (χ0v) is 15.4. The lowest BCUT2D eigenvalue weighted by Gasteiger charge is -2.17. The molecule has 0 saturated carbocycles. The fourth-order valence-corrected chi connectivity index (χ4v) is 2.43. The minimum absolute atomic E-state index is 0.00260. The molecule has 0 aliphatic carbocycles. The Morgan fingerprint density at radius 1 is 1.22 bits per heavy atom. The van der Waals surface area contributed by atoms with E-state index in [1.54, 1.807) is 12.4 Å². The second-order valence-electron chi connectivity index (χ2n) is 5.61. The van der Waals surface area contributed by atoms with E-state index in [-0.39, 0.29) is 17.1 Å². The number of benzene rings is 1. The van der Waals surface area contributed by atoms with E-state index < -0.39 is 11.6 Å². The van der Waals surface area contributed by atoms with Gasteiger partial charge in [0, 0.05) is 35.8 Å². The Hall–Kier alpha value is -3.09. The predicted molar refractivity (Wildman–Crippen MR) is 100 cm³/mol. The van der Waals surface area contributed by atoms with Crippen LogP contribution in [0.15, 0.2) is 42.9 Å².